The number of hydrogen-bond acceptors (Lipinski definition) is 3. The molecule has 0 fully saturated rings. The van der Waals surface area contributed by atoms with Crippen molar-refractivity contribution < 1.29 is 27.4 Å². The zero-order chi connectivity index (χ0) is 21.3. The van der Waals surface area contributed by atoms with Gasteiger partial charge < -0.3 is 9.47 Å². The van der Waals surface area contributed by atoms with Gasteiger partial charge in [0.2, 0.25) is 0 Å². The molecule has 0 saturated heterocycles. The number of ether oxygens (including phenoxy) is 2. The molecule has 0 aliphatic rings. The third-order valence-electron chi connectivity index (χ3n) is 4.56. The summed E-state index contributed by atoms with van der Waals surface area (Å²) < 4.78 is 46.6. The molecule has 156 valence electrons. The summed E-state index contributed by atoms with van der Waals surface area (Å²) in [5, 5.41) is 0. The fourth-order valence-electron chi connectivity index (χ4n) is 2.80. The SMILES string of the molecule is C=C(C(=O)OCCCCCCc1ccc(-c2ccc(OC)cc2)cc1)C(F)(F)F. The summed E-state index contributed by atoms with van der Waals surface area (Å²) in [6.07, 6.45) is -0.611. The number of aryl methyl sites for hydroxylation is 1. The van der Waals surface area contributed by atoms with Crippen molar-refractivity contribution in [2.24, 2.45) is 0 Å². The predicted molar refractivity (Wildman–Crippen MR) is 107 cm³/mol. The Morgan fingerprint density at radius 1 is 0.897 bits per heavy atom. The van der Waals surface area contributed by atoms with Gasteiger partial charge >= 0.3 is 12.1 Å². The molecule has 2 aromatic carbocycles. The van der Waals surface area contributed by atoms with Crippen molar-refractivity contribution in [2.45, 2.75) is 38.3 Å². The summed E-state index contributed by atoms with van der Waals surface area (Å²) in [7, 11) is 1.64. The highest BCUT2D eigenvalue weighted by Gasteiger charge is 2.37. The maximum absolute atomic E-state index is 12.3. The highest BCUT2D eigenvalue weighted by Crippen LogP contribution is 2.25. The van der Waals surface area contributed by atoms with Gasteiger partial charge in [-0.15, -0.1) is 0 Å². The largest absolute Gasteiger partial charge is 0.497 e. The van der Waals surface area contributed by atoms with Gasteiger partial charge in [0.1, 0.15) is 11.3 Å². The van der Waals surface area contributed by atoms with Crippen LogP contribution in [-0.4, -0.2) is 25.9 Å². The van der Waals surface area contributed by atoms with E-state index < -0.39 is 17.7 Å². The number of benzene rings is 2. The van der Waals surface area contributed by atoms with E-state index in [-0.39, 0.29) is 6.61 Å². The molecule has 0 amide bonds. The lowest BCUT2D eigenvalue weighted by atomic mass is 10.0. The summed E-state index contributed by atoms with van der Waals surface area (Å²) >= 11 is 0. The number of unbranched alkanes of at least 4 members (excludes halogenated alkanes) is 3. The molecule has 0 spiro atoms. The Morgan fingerprint density at radius 2 is 1.45 bits per heavy atom. The van der Waals surface area contributed by atoms with Crippen molar-refractivity contribution in [2.75, 3.05) is 13.7 Å². The number of carbonyl (C=O) groups is 1. The molecular formula is C23H25F3O3. The molecule has 0 heterocycles. The molecule has 2 aromatic rings. The Kier molecular flexibility index (Phi) is 8.31. The van der Waals surface area contributed by atoms with Gasteiger partial charge in [-0.2, -0.15) is 13.2 Å². The smallest absolute Gasteiger partial charge is 0.422 e. The first kappa shape index (κ1) is 22.5. The second kappa shape index (κ2) is 10.7. The van der Waals surface area contributed by atoms with Crippen LogP contribution in [0.25, 0.3) is 11.1 Å². The van der Waals surface area contributed by atoms with Gasteiger partial charge in [-0.25, -0.2) is 4.79 Å². The van der Waals surface area contributed by atoms with Crippen LogP contribution >= 0.6 is 0 Å². The van der Waals surface area contributed by atoms with Crippen molar-refractivity contribution in [1.82, 2.24) is 0 Å². The molecule has 29 heavy (non-hydrogen) atoms. The van der Waals surface area contributed by atoms with Crippen LogP contribution in [0.2, 0.25) is 0 Å². The summed E-state index contributed by atoms with van der Waals surface area (Å²) in [5.41, 5.74) is 2.03. The first-order valence-electron chi connectivity index (χ1n) is 9.48. The molecule has 0 bridgehead atoms. The third kappa shape index (κ3) is 7.29. The van der Waals surface area contributed by atoms with E-state index in [9.17, 15) is 18.0 Å². The van der Waals surface area contributed by atoms with Crippen molar-refractivity contribution in [3.05, 3.63) is 66.2 Å². The maximum atomic E-state index is 12.3. The molecule has 2 rings (SSSR count). The average molecular weight is 406 g/mol. The van der Waals surface area contributed by atoms with Gasteiger partial charge in [-0.1, -0.05) is 55.8 Å². The van der Waals surface area contributed by atoms with Crippen LogP contribution in [0.1, 0.15) is 31.2 Å². The molecule has 0 unspecified atom stereocenters. The van der Waals surface area contributed by atoms with E-state index in [0.29, 0.717) is 6.42 Å². The Labute approximate surface area is 169 Å². The highest BCUT2D eigenvalue weighted by molar-refractivity contribution is 5.89. The molecule has 0 aromatic heterocycles. The van der Waals surface area contributed by atoms with Crippen LogP contribution in [0.4, 0.5) is 13.2 Å². The van der Waals surface area contributed by atoms with Gasteiger partial charge in [0.05, 0.1) is 13.7 Å². The molecule has 0 radical (unpaired) electrons. The maximum Gasteiger partial charge on any atom is 0.422 e. The minimum Gasteiger partial charge on any atom is -0.497 e. The van der Waals surface area contributed by atoms with E-state index in [2.05, 4.69) is 35.6 Å². The number of hydrogen-bond donors (Lipinski definition) is 0. The van der Waals surface area contributed by atoms with Crippen LogP contribution < -0.4 is 4.74 Å². The van der Waals surface area contributed by atoms with Crippen molar-refractivity contribution in [3.8, 4) is 16.9 Å². The van der Waals surface area contributed by atoms with E-state index in [1.54, 1.807) is 7.11 Å². The second-order valence-electron chi connectivity index (χ2n) is 6.70. The molecule has 0 atom stereocenters. The van der Waals surface area contributed by atoms with Gasteiger partial charge in [0.15, 0.2) is 0 Å². The van der Waals surface area contributed by atoms with E-state index in [1.807, 2.05) is 24.3 Å². The van der Waals surface area contributed by atoms with E-state index in [1.165, 1.54) is 5.56 Å². The quantitative estimate of drug-likeness (QED) is 0.271. The molecule has 0 aliphatic heterocycles. The number of alkyl halides is 3. The van der Waals surface area contributed by atoms with E-state index >= 15 is 0 Å². The lowest BCUT2D eigenvalue weighted by Crippen LogP contribution is -2.21. The number of esters is 1. The molecule has 0 N–H and O–H groups in total. The lowest BCUT2D eigenvalue weighted by Gasteiger charge is -2.09. The van der Waals surface area contributed by atoms with Crippen molar-refractivity contribution in [3.63, 3.8) is 0 Å². The van der Waals surface area contributed by atoms with Crippen molar-refractivity contribution in [1.29, 1.82) is 0 Å². The number of carbonyl (C=O) groups excluding carboxylic acids is 1. The minimum absolute atomic E-state index is 0.0233. The Bertz CT molecular complexity index is 794. The normalized spacial score (nSPS) is 11.2. The average Bonchev–Trinajstić information content (AvgIpc) is 2.72. The summed E-state index contributed by atoms with van der Waals surface area (Å²) in [6.45, 7) is 2.69. The van der Waals surface area contributed by atoms with E-state index in [4.69, 9.17) is 4.74 Å². The first-order valence-corrected chi connectivity index (χ1v) is 9.48. The van der Waals surface area contributed by atoms with E-state index in [0.717, 1.165) is 42.6 Å². The topological polar surface area (TPSA) is 35.5 Å². The zero-order valence-corrected chi connectivity index (χ0v) is 16.4. The minimum atomic E-state index is -4.74. The zero-order valence-electron chi connectivity index (χ0n) is 16.4. The lowest BCUT2D eigenvalue weighted by molar-refractivity contribution is -0.150. The fraction of sp³-hybridized carbons (Fsp3) is 0.348. The summed E-state index contributed by atoms with van der Waals surface area (Å²) in [4.78, 5) is 11.2. The Balaban J connectivity index is 1.64. The Morgan fingerprint density at radius 3 is 2.00 bits per heavy atom. The van der Waals surface area contributed by atoms with Crippen LogP contribution in [0.5, 0.6) is 5.75 Å². The number of halogens is 3. The van der Waals surface area contributed by atoms with Crippen molar-refractivity contribution >= 4 is 5.97 Å². The van der Waals surface area contributed by atoms with Crippen LogP contribution in [-0.2, 0) is 16.0 Å². The van der Waals surface area contributed by atoms with Gasteiger partial charge in [0, 0.05) is 0 Å². The molecular weight excluding hydrogens is 381 g/mol. The van der Waals surface area contributed by atoms with Gasteiger partial charge in [0.25, 0.3) is 0 Å². The standard InChI is InChI=1S/C23H25F3O3/c1-17(23(24,25)26)22(27)29-16-6-4-3-5-7-18-8-10-19(11-9-18)20-12-14-21(28-2)15-13-20/h8-15H,1,3-7,16H2,2H3. The first-order chi connectivity index (χ1) is 13.8. The molecule has 3 nitrogen and oxygen atoms in total. The number of rotatable bonds is 10. The van der Waals surface area contributed by atoms with Crippen LogP contribution in [0.15, 0.2) is 60.7 Å². The predicted octanol–water partition coefficient (Wildman–Crippen LogP) is 6.13. The van der Waals surface area contributed by atoms with Gasteiger partial charge in [-0.05, 0) is 48.1 Å². The molecule has 0 saturated carbocycles. The summed E-state index contributed by atoms with van der Waals surface area (Å²) in [6, 6.07) is 16.3. The van der Waals surface area contributed by atoms with Crippen LogP contribution in [0, 0.1) is 0 Å². The summed E-state index contributed by atoms with van der Waals surface area (Å²) in [5.74, 6) is -0.570. The molecule has 0 aliphatic carbocycles. The second-order valence-corrected chi connectivity index (χ2v) is 6.70. The number of methoxy groups -OCH3 is 1. The fourth-order valence-corrected chi connectivity index (χ4v) is 2.80. The third-order valence-corrected chi connectivity index (χ3v) is 4.56. The Hall–Kier alpha value is -2.76. The monoisotopic (exact) mass is 406 g/mol. The highest BCUT2D eigenvalue weighted by atomic mass is 19.4. The van der Waals surface area contributed by atoms with Gasteiger partial charge in [-0.3, -0.25) is 0 Å². The van der Waals surface area contributed by atoms with Crippen LogP contribution in [0.3, 0.4) is 0 Å². The molecule has 6 heteroatoms.